The summed E-state index contributed by atoms with van der Waals surface area (Å²) in [5, 5.41) is 2.97. The number of alkyl carbamates (subject to hydrolysis) is 1. The van der Waals surface area contributed by atoms with Crippen LogP contribution in [-0.4, -0.2) is 17.6 Å². The summed E-state index contributed by atoms with van der Waals surface area (Å²) in [6.45, 7) is 0.650. The molecule has 0 fully saturated rings. The highest BCUT2D eigenvalue weighted by atomic mass is 16.5. The van der Waals surface area contributed by atoms with Crippen LogP contribution in [-0.2, 0) is 11.3 Å². The number of hydrogen-bond acceptors (Lipinski definition) is 5. The molecular weight excluding hydrogens is 348 g/mol. The normalized spacial score (nSPS) is 11.0. The summed E-state index contributed by atoms with van der Waals surface area (Å²) in [4.78, 5) is 36.9. The van der Waals surface area contributed by atoms with Crippen molar-refractivity contribution in [2.45, 2.75) is 13.0 Å². The molecule has 1 heterocycles. The molecule has 0 aliphatic heterocycles. The lowest BCUT2D eigenvalue weighted by molar-refractivity contribution is 0.140. The van der Waals surface area contributed by atoms with Gasteiger partial charge in [-0.3, -0.25) is 4.98 Å². The Morgan fingerprint density at radius 1 is 1.15 bits per heavy atom. The molecule has 7 nitrogen and oxygen atoms in total. The number of ether oxygens (including phenoxy) is 1. The fourth-order valence-electron chi connectivity index (χ4n) is 2.47. The molecule has 27 heavy (non-hydrogen) atoms. The summed E-state index contributed by atoms with van der Waals surface area (Å²) in [7, 11) is 0. The lowest BCUT2D eigenvalue weighted by atomic mass is 10.1. The van der Waals surface area contributed by atoms with Crippen LogP contribution < -0.4 is 16.7 Å². The first-order valence-electron chi connectivity index (χ1n) is 8.40. The summed E-state index contributed by atoms with van der Waals surface area (Å²) in [6, 6.07) is 14.5. The zero-order valence-corrected chi connectivity index (χ0v) is 14.4. The molecule has 0 radical (unpaired) electrons. The first kappa shape index (κ1) is 18.2. The van der Waals surface area contributed by atoms with E-state index in [0.29, 0.717) is 23.9 Å². The maximum atomic E-state index is 11.7. The predicted molar refractivity (Wildman–Crippen MR) is 101 cm³/mol. The standard InChI is InChI=1S/C20H18N2O5/c23-18-16-12-14(9-10-17(16)22-20(25)27-18)6-4-5-11-21-19(24)26-13-15-7-2-1-3-8-15/h1-4,6-10,12H,5,11,13H2,(H,21,24)(H,22,25). The van der Waals surface area contributed by atoms with Crippen LogP contribution in [0.15, 0.2) is 68.6 Å². The van der Waals surface area contributed by atoms with Crippen LogP contribution in [0.4, 0.5) is 4.79 Å². The summed E-state index contributed by atoms with van der Waals surface area (Å²) < 4.78 is 9.63. The topological polar surface area (TPSA) is 101 Å². The van der Waals surface area contributed by atoms with Crippen molar-refractivity contribution in [1.82, 2.24) is 10.3 Å². The molecule has 0 bridgehead atoms. The molecule has 1 aromatic heterocycles. The minimum absolute atomic E-state index is 0.226. The molecule has 2 N–H and O–H groups in total. The van der Waals surface area contributed by atoms with Crippen molar-refractivity contribution in [3.05, 3.63) is 86.7 Å². The van der Waals surface area contributed by atoms with Gasteiger partial charge in [-0.05, 0) is 29.7 Å². The molecule has 138 valence electrons. The zero-order chi connectivity index (χ0) is 19.1. The maximum Gasteiger partial charge on any atom is 0.419 e. The lowest BCUT2D eigenvalue weighted by Gasteiger charge is -2.05. The average Bonchev–Trinajstić information content (AvgIpc) is 2.67. The van der Waals surface area contributed by atoms with Crippen LogP contribution in [0, 0.1) is 0 Å². The summed E-state index contributed by atoms with van der Waals surface area (Å²) in [5.41, 5.74) is 1.46. The number of carbonyl (C=O) groups excluding carboxylic acids is 1. The van der Waals surface area contributed by atoms with Gasteiger partial charge in [0.1, 0.15) is 6.61 Å². The molecule has 2 aromatic carbocycles. The van der Waals surface area contributed by atoms with Gasteiger partial charge in [-0.25, -0.2) is 14.4 Å². The Morgan fingerprint density at radius 2 is 1.96 bits per heavy atom. The Bertz CT molecular complexity index is 1070. The van der Waals surface area contributed by atoms with Gasteiger partial charge in [-0.15, -0.1) is 0 Å². The van der Waals surface area contributed by atoms with Gasteiger partial charge in [0.15, 0.2) is 0 Å². The molecule has 0 saturated heterocycles. The van der Waals surface area contributed by atoms with Crippen molar-refractivity contribution in [2.24, 2.45) is 0 Å². The number of aromatic nitrogens is 1. The van der Waals surface area contributed by atoms with E-state index in [9.17, 15) is 14.4 Å². The molecule has 0 atom stereocenters. The first-order chi connectivity index (χ1) is 13.1. The minimum atomic E-state index is -0.777. The van der Waals surface area contributed by atoms with Gasteiger partial charge >= 0.3 is 17.5 Å². The van der Waals surface area contributed by atoms with Gasteiger partial charge in [0.25, 0.3) is 0 Å². The Hall–Kier alpha value is -3.61. The number of benzene rings is 2. The number of amides is 1. The van der Waals surface area contributed by atoms with Gasteiger partial charge in [0.2, 0.25) is 0 Å². The molecule has 0 saturated carbocycles. The highest BCUT2D eigenvalue weighted by Crippen LogP contribution is 2.10. The van der Waals surface area contributed by atoms with E-state index >= 15 is 0 Å². The van der Waals surface area contributed by atoms with Crippen molar-refractivity contribution < 1.29 is 13.9 Å². The van der Waals surface area contributed by atoms with Crippen LogP contribution in [0.25, 0.3) is 17.0 Å². The quantitative estimate of drug-likeness (QED) is 0.653. The number of hydrogen-bond donors (Lipinski definition) is 2. The van der Waals surface area contributed by atoms with Gasteiger partial charge in [0.05, 0.1) is 10.9 Å². The third-order valence-corrected chi connectivity index (χ3v) is 3.79. The van der Waals surface area contributed by atoms with Gasteiger partial charge in [-0.1, -0.05) is 48.6 Å². The van der Waals surface area contributed by atoms with E-state index in [1.807, 2.05) is 42.5 Å². The summed E-state index contributed by atoms with van der Waals surface area (Å²) in [5.74, 6) is -0.777. The van der Waals surface area contributed by atoms with Gasteiger partial charge in [-0.2, -0.15) is 0 Å². The van der Waals surface area contributed by atoms with Crippen LogP contribution in [0.3, 0.4) is 0 Å². The fourth-order valence-corrected chi connectivity index (χ4v) is 2.47. The highest BCUT2D eigenvalue weighted by Gasteiger charge is 2.03. The second-order valence-corrected chi connectivity index (χ2v) is 5.79. The van der Waals surface area contributed by atoms with E-state index in [1.165, 1.54) is 0 Å². The molecule has 3 rings (SSSR count). The van der Waals surface area contributed by atoms with E-state index in [4.69, 9.17) is 4.74 Å². The van der Waals surface area contributed by atoms with Gasteiger partial charge < -0.3 is 14.5 Å². The van der Waals surface area contributed by atoms with Crippen LogP contribution >= 0.6 is 0 Å². The summed E-state index contributed by atoms with van der Waals surface area (Å²) in [6.07, 6.45) is 3.81. The Labute approximate surface area is 154 Å². The van der Waals surface area contributed by atoms with Crippen LogP contribution in [0.2, 0.25) is 0 Å². The number of aromatic amines is 1. The minimum Gasteiger partial charge on any atom is -0.445 e. The molecule has 0 spiro atoms. The van der Waals surface area contributed by atoms with Crippen molar-refractivity contribution >= 4 is 23.1 Å². The molecular formula is C20H18N2O5. The van der Waals surface area contributed by atoms with Gasteiger partial charge in [0, 0.05) is 6.54 Å². The first-order valence-corrected chi connectivity index (χ1v) is 8.40. The number of H-pyrrole nitrogens is 1. The van der Waals surface area contributed by atoms with Crippen molar-refractivity contribution in [3.8, 4) is 0 Å². The lowest BCUT2D eigenvalue weighted by Crippen LogP contribution is -2.24. The van der Waals surface area contributed by atoms with E-state index < -0.39 is 17.5 Å². The van der Waals surface area contributed by atoms with E-state index in [0.717, 1.165) is 11.1 Å². The second kappa shape index (κ2) is 8.66. The average molecular weight is 366 g/mol. The Morgan fingerprint density at radius 3 is 2.78 bits per heavy atom. The van der Waals surface area contributed by atoms with E-state index in [2.05, 4.69) is 14.7 Å². The number of carbonyl (C=O) groups is 1. The smallest absolute Gasteiger partial charge is 0.419 e. The monoisotopic (exact) mass is 366 g/mol. The van der Waals surface area contributed by atoms with Crippen LogP contribution in [0.1, 0.15) is 17.5 Å². The molecule has 0 aliphatic carbocycles. The Balaban J connectivity index is 1.47. The van der Waals surface area contributed by atoms with Crippen molar-refractivity contribution in [1.29, 1.82) is 0 Å². The highest BCUT2D eigenvalue weighted by molar-refractivity contribution is 5.79. The van der Waals surface area contributed by atoms with Crippen molar-refractivity contribution in [3.63, 3.8) is 0 Å². The van der Waals surface area contributed by atoms with E-state index in [1.54, 1.807) is 18.2 Å². The van der Waals surface area contributed by atoms with Crippen molar-refractivity contribution in [2.75, 3.05) is 6.54 Å². The number of fused-ring (bicyclic) bond motifs is 1. The number of nitrogens with one attached hydrogen (secondary N) is 2. The molecule has 1 amide bonds. The zero-order valence-electron chi connectivity index (χ0n) is 14.4. The Kier molecular flexibility index (Phi) is 5.84. The second-order valence-electron chi connectivity index (χ2n) is 5.79. The predicted octanol–water partition coefficient (Wildman–Crippen LogP) is 2.81. The fraction of sp³-hybridized carbons (Fsp3) is 0.150. The van der Waals surface area contributed by atoms with E-state index in [-0.39, 0.29) is 6.61 Å². The third-order valence-electron chi connectivity index (χ3n) is 3.79. The molecule has 0 unspecified atom stereocenters. The maximum absolute atomic E-state index is 11.7. The largest absolute Gasteiger partial charge is 0.445 e. The molecule has 0 aliphatic rings. The SMILES string of the molecule is O=C(NCCC=Cc1ccc2[nH]c(=O)oc(=O)c2c1)OCc1ccccc1. The molecule has 3 aromatic rings. The third kappa shape index (κ3) is 5.18. The van der Waals surface area contributed by atoms with Crippen LogP contribution in [0.5, 0.6) is 0 Å². The number of rotatable bonds is 6. The summed E-state index contributed by atoms with van der Waals surface area (Å²) >= 11 is 0. The molecule has 7 heteroatoms.